The molecule has 1 spiro atoms. The largest absolute Gasteiger partial charge is 0.273 e. The summed E-state index contributed by atoms with van der Waals surface area (Å²) in [6, 6.07) is 10.0. The fourth-order valence-electron chi connectivity index (χ4n) is 3.40. The SMILES string of the molecule is O=C1CC(Br)C2(CCCCC2)N1OCc1ccccc1. The Morgan fingerprint density at radius 1 is 1.20 bits per heavy atom. The molecule has 1 heterocycles. The second kappa shape index (κ2) is 5.86. The summed E-state index contributed by atoms with van der Waals surface area (Å²) in [6.07, 6.45) is 6.27. The van der Waals surface area contributed by atoms with E-state index in [9.17, 15) is 4.79 Å². The number of amides is 1. The van der Waals surface area contributed by atoms with E-state index in [1.54, 1.807) is 5.06 Å². The van der Waals surface area contributed by atoms with Crippen LogP contribution in [-0.4, -0.2) is 21.3 Å². The zero-order chi connectivity index (χ0) is 14.0. The Morgan fingerprint density at radius 2 is 1.90 bits per heavy atom. The van der Waals surface area contributed by atoms with Crippen molar-refractivity contribution in [1.82, 2.24) is 5.06 Å². The van der Waals surface area contributed by atoms with E-state index in [4.69, 9.17) is 4.84 Å². The first-order valence-electron chi connectivity index (χ1n) is 7.36. The van der Waals surface area contributed by atoms with Crippen molar-refractivity contribution >= 4 is 21.8 Å². The van der Waals surface area contributed by atoms with Gasteiger partial charge in [0, 0.05) is 11.2 Å². The molecule has 1 atom stereocenters. The molecule has 2 fully saturated rings. The van der Waals surface area contributed by atoms with E-state index in [1.165, 1.54) is 19.3 Å². The average Bonchev–Trinajstić information content (AvgIpc) is 2.70. The van der Waals surface area contributed by atoms with Crippen molar-refractivity contribution in [3.63, 3.8) is 0 Å². The molecule has 20 heavy (non-hydrogen) atoms. The molecule has 0 N–H and O–H groups in total. The number of alkyl halides is 1. The second-order valence-electron chi connectivity index (χ2n) is 5.78. The second-order valence-corrected chi connectivity index (χ2v) is 6.89. The van der Waals surface area contributed by atoms with Crippen LogP contribution >= 0.6 is 15.9 Å². The first kappa shape index (κ1) is 14.1. The maximum Gasteiger partial charge on any atom is 0.247 e. The Hall–Kier alpha value is -0.870. The molecule has 1 aromatic rings. The molecule has 1 saturated heterocycles. The number of benzene rings is 1. The van der Waals surface area contributed by atoms with E-state index in [2.05, 4.69) is 15.9 Å². The highest BCUT2D eigenvalue weighted by Crippen LogP contribution is 2.46. The van der Waals surface area contributed by atoms with Crippen molar-refractivity contribution in [2.24, 2.45) is 0 Å². The molecular weight excluding hydrogens is 318 g/mol. The smallest absolute Gasteiger partial charge is 0.247 e. The van der Waals surface area contributed by atoms with Gasteiger partial charge in [0.1, 0.15) is 6.61 Å². The Kier molecular flexibility index (Phi) is 4.13. The number of nitrogens with zero attached hydrogens (tertiary/aromatic N) is 1. The van der Waals surface area contributed by atoms with Gasteiger partial charge in [-0.15, -0.1) is 0 Å². The maximum atomic E-state index is 12.3. The summed E-state index contributed by atoms with van der Waals surface area (Å²) in [7, 11) is 0. The van der Waals surface area contributed by atoms with Crippen molar-refractivity contribution in [2.75, 3.05) is 0 Å². The summed E-state index contributed by atoms with van der Waals surface area (Å²) in [5, 5.41) is 1.69. The number of carbonyl (C=O) groups excluding carboxylic acids is 1. The fourth-order valence-corrected chi connectivity index (χ4v) is 4.32. The zero-order valence-electron chi connectivity index (χ0n) is 11.6. The monoisotopic (exact) mass is 337 g/mol. The van der Waals surface area contributed by atoms with Crippen LogP contribution in [0.15, 0.2) is 30.3 Å². The summed E-state index contributed by atoms with van der Waals surface area (Å²) in [6.45, 7) is 0.466. The van der Waals surface area contributed by atoms with Crippen molar-refractivity contribution in [1.29, 1.82) is 0 Å². The quantitative estimate of drug-likeness (QED) is 0.784. The van der Waals surface area contributed by atoms with E-state index in [0.29, 0.717) is 13.0 Å². The topological polar surface area (TPSA) is 29.5 Å². The molecule has 3 nitrogen and oxygen atoms in total. The maximum absolute atomic E-state index is 12.3. The van der Waals surface area contributed by atoms with Crippen molar-refractivity contribution < 1.29 is 9.63 Å². The van der Waals surface area contributed by atoms with E-state index in [-0.39, 0.29) is 16.3 Å². The normalized spacial score (nSPS) is 25.4. The van der Waals surface area contributed by atoms with Crippen LogP contribution in [0, 0.1) is 0 Å². The molecule has 2 aliphatic rings. The fraction of sp³-hybridized carbons (Fsp3) is 0.562. The summed E-state index contributed by atoms with van der Waals surface area (Å²) in [5.41, 5.74) is 0.980. The van der Waals surface area contributed by atoms with Crippen LogP contribution in [0.5, 0.6) is 0 Å². The lowest BCUT2D eigenvalue weighted by molar-refractivity contribution is -0.219. The number of hydrogen-bond donors (Lipinski definition) is 0. The lowest BCUT2D eigenvalue weighted by Gasteiger charge is -2.42. The minimum absolute atomic E-state index is 0.115. The third-order valence-corrected chi connectivity index (χ3v) is 5.67. The predicted octanol–water partition coefficient (Wildman–Crippen LogP) is 3.82. The van der Waals surface area contributed by atoms with Crippen molar-refractivity contribution in [3.8, 4) is 0 Å². The van der Waals surface area contributed by atoms with Crippen LogP contribution in [0.1, 0.15) is 44.1 Å². The van der Waals surface area contributed by atoms with Crippen LogP contribution < -0.4 is 0 Å². The summed E-state index contributed by atoms with van der Waals surface area (Å²) >= 11 is 3.72. The van der Waals surface area contributed by atoms with Gasteiger partial charge < -0.3 is 0 Å². The number of rotatable bonds is 3. The van der Waals surface area contributed by atoms with Gasteiger partial charge in [0.05, 0.1) is 5.54 Å². The first-order valence-corrected chi connectivity index (χ1v) is 8.28. The Morgan fingerprint density at radius 3 is 2.60 bits per heavy atom. The van der Waals surface area contributed by atoms with Gasteiger partial charge in [-0.1, -0.05) is 65.5 Å². The standard InChI is InChI=1S/C16H20BrNO2/c17-14-11-15(19)18(16(14)9-5-2-6-10-16)20-12-13-7-3-1-4-8-13/h1,3-4,7-8,14H,2,5-6,9-12H2. The van der Waals surface area contributed by atoms with Gasteiger partial charge in [-0.3, -0.25) is 9.63 Å². The molecule has 1 aliphatic heterocycles. The molecule has 108 valence electrons. The Balaban J connectivity index is 1.74. The number of hydroxylamine groups is 2. The third kappa shape index (κ3) is 2.51. The number of carbonyl (C=O) groups is 1. The van der Waals surface area contributed by atoms with Crippen LogP contribution in [0.25, 0.3) is 0 Å². The highest BCUT2D eigenvalue weighted by Gasteiger charge is 2.53. The van der Waals surface area contributed by atoms with Crippen LogP contribution in [0.2, 0.25) is 0 Å². The number of hydrogen-bond acceptors (Lipinski definition) is 2. The van der Waals surface area contributed by atoms with Gasteiger partial charge in [0.15, 0.2) is 0 Å². The molecule has 0 radical (unpaired) electrons. The molecule has 1 aliphatic carbocycles. The average molecular weight is 338 g/mol. The van der Waals surface area contributed by atoms with Gasteiger partial charge in [0.2, 0.25) is 5.91 Å². The van der Waals surface area contributed by atoms with Crippen LogP contribution in [0.3, 0.4) is 0 Å². The lowest BCUT2D eigenvalue weighted by Crippen LogP contribution is -2.50. The van der Waals surface area contributed by atoms with E-state index < -0.39 is 0 Å². The molecule has 1 aromatic carbocycles. The Bertz CT molecular complexity index is 471. The van der Waals surface area contributed by atoms with E-state index in [0.717, 1.165) is 18.4 Å². The lowest BCUT2D eigenvalue weighted by atomic mass is 9.80. The minimum Gasteiger partial charge on any atom is -0.273 e. The molecule has 1 amide bonds. The summed E-state index contributed by atoms with van der Waals surface area (Å²) < 4.78 is 0. The van der Waals surface area contributed by atoms with Crippen molar-refractivity contribution in [2.45, 2.75) is 55.5 Å². The Labute approximate surface area is 128 Å². The van der Waals surface area contributed by atoms with Crippen LogP contribution in [-0.2, 0) is 16.2 Å². The minimum atomic E-state index is -0.121. The molecule has 1 saturated carbocycles. The van der Waals surface area contributed by atoms with E-state index >= 15 is 0 Å². The molecule has 0 aromatic heterocycles. The molecule has 3 rings (SSSR count). The zero-order valence-corrected chi connectivity index (χ0v) is 13.1. The predicted molar refractivity (Wildman–Crippen MR) is 81.2 cm³/mol. The highest BCUT2D eigenvalue weighted by atomic mass is 79.9. The molecular formula is C16H20BrNO2. The van der Waals surface area contributed by atoms with Gasteiger partial charge in [0.25, 0.3) is 0 Å². The van der Waals surface area contributed by atoms with Gasteiger partial charge in [-0.2, -0.15) is 0 Å². The van der Waals surface area contributed by atoms with Gasteiger partial charge in [-0.05, 0) is 18.4 Å². The van der Waals surface area contributed by atoms with E-state index in [1.807, 2.05) is 30.3 Å². The summed E-state index contributed by atoms with van der Waals surface area (Å²) in [5.74, 6) is 0.115. The molecule has 0 bridgehead atoms. The molecule has 4 heteroatoms. The van der Waals surface area contributed by atoms with Gasteiger partial charge >= 0.3 is 0 Å². The first-order chi connectivity index (χ1) is 9.72. The van der Waals surface area contributed by atoms with Crippen molar-refractivity contribution in [3.05, 3.63) is 35.9 Å². The van der Waals surface area contributed by atoms with Crippen LogP contribution in [0.4, 0.5) is 0 Å². The third-order valence-electron chi connectivity index (χ3n) is 4.49. The highest BCUT2D eigenvalue weighted by molar-refractivity contribution is 9.09. The van der Waals surface area contributed by atoms with Gasteiger partial charge in [-0.25, -0.2) is 5.06 Å². The number of halogens is 1. The molecule has 1 unspecified atom stereocenters. The summed E-state index contributed by atoms with van der Waals surface area (Å²) in [4.78, 5) is 18.4.